The Morgan fingerprint density at radius 3 is 2.76 bits per heavy atom. The molecule has 1 N–H and O–H groups in total. The fourth-order valence-corrected chi connectivity index (χ4v) is 3.99. The Hall–Kier alpha value is -0.890. The highest BCUT2D eigenvalue weighted by atomic mass is 19.1. The number of nitrogens with one attached hydrogen (secondary N) is 1. The van der Waals surface area contributed by atoms with Gasteiger partial charge in [0.05, 0.1) is 0 Å². The van der Waals surface area contributed by atoms with Crippen molar-refractivity contribution in [3.63, 3.8) is 0 Å². The van der Waals surface area contributed by atoms with Crippen molar-refractivity contribution < 1.29 is 4.39 Å². The second kappa shape index (κ2) is 6.91. The molecule has 116 valence electrons. The summed E-state index contributed by atoms with van der Waals surface area (Å²) in [5.74, 6) is 1.97. The average molecular weight is 289 g/mol. The first-order chi connectivity index (χ1) is 10.3. The molecule has 0 aliphatic heterocycles. The van der Waals surface area contributed by atoms with Gasteiger partial charge < -0.3 is 5.32 Å². The molecule has 0 saturated heterocycles. The first-order valence-corrected chi connectivity index (χ1v) is 8.75. The van der Waals surface area contributed by atoms with Crippen LogP contribution in [0.1, 0.15) is 63.4 Å². The van der Waals surface area contributed by atoms with Gasteiger partial charge in [-0.3, -0.25) is 0 Å². The molecule has 1 aromatic carbocycles. The molecular weight excluding hydrogens is 261 g/mol. The monoisotopic (exact) mass is 289 g/mol. The molecule has 0 spiro atoms. The fourth-order valence-electron chi connectivity index (χ4n) is 3.99. The molecule has 2 saturated carbocycles. The molecule has 0 bridgehead atoms. The third kappa shape index (κ3) is 4.06. The smallest absolute Gasteiger partial charge is 0.123 e. The van der Waals surface area contributed by atoms with Gasteiger partial charge in [0.1, 0.15) is 5.82 Å². The topological polar surface area (TPSA) is 12.0 Å². The van der Waals surface area contributed by atoms with Crippen LogP contribution in [0.2, 0.25) is 0 Å². The summed E-state index contributed by atoms with van der Waals surface area (Å²) in [5.41, 5.74) is 1.22. The third-order valence-electron chi connectivity index (χ3n) is 5.32. The van der Waals surface area contributed by atoms with Crippen molar-refractivity contribution in [2.45, 2.75) is 63.8 Å². The van der Waals surface area contributed by atoms with Crippen LogP contribution in [0.15, 0.2) is 24.3 Å². The van der Waals surface area contributed by atoms with Crippen molar-refractivity contribution >= 4 is 0 Å². The van der Waals surface area contributed by atoms with Gasteiger partial charge >= 0.3 is 0 Å². The zero-order valence-corrected chi connectivity index (χ0v) is 13.2. The molecule has 0 heterocycles. The molecule has 3 rings (SSSR count). The summed E-state index contributed by atoms with van der Waals surface area (Å²) in [6, 6.07) is 8.11. The van der Waals surface area contributed by atoms with Crippen molar-refractivity contribution in [2.75, 3.05) is 6.54 Å². The molecular formula is C19H28FN. The number of rotatable bonds is 6. The second-order valence-electron chi connectivity index (χ2n) is 7.07. The molecule has 3 unspecified atom stereocenters. The molecule has 2 fully saturated rings. The van der Waals surface area contributed by atoms with E-state index in [1.165, 1.54) is 50.5 Å². The number of halogens is 1. The van der Waals surface area contributed by atoms with E-state index in [0.29, 0.717) is 11.8 Å². The van der Waals surface area contributed by atoms with Crippen LogP contribution in [-0.2, 0) is 0 Å². The summed E-state index contributed by atoms with van der Waals surface area (Å²) in [7, 11) is 0. The first kappa shape index (κ1) is 15.0. The van der Waals surface area contributed by atoms with Gasteiger partial charge in [0.2, 0.25) is 0 Å². The van der Waals surface area contributed by atoms with Crippen LogP contribution < -0.4 is 5.32 Å². The van der Waals surface area contributed by atoms with Crippen LogP contribution in [0.3, 0.4) is 0 Å². The van der Waals surface area contributed by atoms with Gasteiger partial charge in [-0.1, -0.05) is 38.3 Å². The first-order valence-electron chi connectivity index (χ1n) is 8.75. The Kier molecular flexibility index (Phi) is 4.95. The van der Waals surface area contributed by atoms with Crippen LogP contribution >= 0.6 is 0 Å². The van der Waals surface area contributed by atoms with Crippen molar-refractivity contribution in [1.29, 1.82) is 0 Å². The minimum atomic E-state index is -0.0842. The molecule has 2 heteroatoms. The molecule has 1 aromatic rings. The van der Waals surface area contributed by atoms with Crippen LogP contribution in [0.4, 0.5) is 4.39 Å². The minimum absolute atomic E-state index is 0.0842. The average Bonchev–Trinajstić information content (AvgIpc) is 3.30. The van der Waals surface area contributed by atoms with E-state index >= 15 is 0 Å². The van der Waals surface area contributed by atoms with E-state index in [1.807, 2.05) is 6.07 Å². The Morgan fingerprint density at radius 1 is 1.19 bits per heavy atom. The van der Waals surface area contributed by atoms with Crippen molar-refractivity contribution in [3.05, 3.63) is 35.6 Å². The quantitative estimate of drug-likeness (QED) is 0.787. The van der Waals surface area contributed by atoms with Gasteiger partial charge in [-0.2, -0.15) is 0 Å². The SMILES string of the molecule is CCCC1CCC(CNC2CC2)C(c2cccc(F)c2)C1. The van der Waals surface area contributed by atoms with Crippen molar-refractivity contribution in [2.24, 2.45) is 11.8 Å². The molecule has 2 aliphatic carbocycles. The third-order valence-corrected chi connectivity index (χ3v) is 5.32. The minimum Gasteiger partial charge on any atom is -0.314 e. The number of hydrogen-bond donors (Lipinski definition) is 1. The van der Waals surface area contributed by atoms with E-state index in [2.05, 4.69) is 18.3 Å². The van der Waals surface area contributed by atoms with Gasteiger partial charge in [0.15, 0.2) is 0 Å². The molecule has 21 heavy (non-hydrogen) atoms. The fraction of sp³-hybridized carbons (Fsp3) is 0.684. The molecule has 0 radical (unpaired) electrons. The van der Waals surface area contributed by atoms with Gasteiger partial charge in [-0.05, 0) is 67.7 Å². The van der Waals surface area contributed by atoms with Gasteiger partial charge in [0, 0.05) is 6.04 Å². The highest BCUT2D eigenvalue weighted by Gasteiger charge is 2.32. The standard InChI is InChI=1S/C19H28FN/c1-2-4-14-7-8-16(13-21-18-9-10-18)19(11-14)15-5-3-6-17(20)12-15/h3,5-6,12,14,16,18-19,21H,2,4,7-11,13H2,1H3. The van der Waals surface area contributed by atoms with Gasteiger partial charge in [-0.15, -0.1) is 0 Å². The summed E-state index contributed by atoms with van der Waals surface area (Å²) >= 11 is 0. The molecule has 0 amide bonds. The van der Waals surface area contributed by atoms with E-state index in [-0.39, 0.29) is 5.82 Å². The van der Waals surface area contributed by atoms with E-state index in [4.69, 9.17) is 0 Å². The highest BCUT2D eigenvalue weighted by molar-refractivity contribution is 5.22. The van der Waals surface area contributed by atoms with Crippen LogP contribution in [0.25, 0.3) is 0 Å². The zero-order chi connectivity index (χ0) is 14.7. The number of benzene rings is 1. The lowest BCUT2D eigenvalue weighted by Crippen LogP contribution is -2.33. The summed E-state index contributed by atoms with van der Waals surface area (Å²) in [5, 5.41) is 3.69. The lowest BCUT2D eigenvalue weighted by atomic mass is 9.70. The lowest BCUT2D eigenvalue weighted by molar-refractivity contribution is 0.219. The molecule has 3 atom stereocenters. The van der Waals surface area contributed by atoms with Gasteiger partial charge in [0.25, 0.3) is 0 Å². The van der Waals surface area contributed by atoms with E-state index < -0.39 is 0 Å². The predicted molar refractivity (Wildman–Crippen MR) is 85.9 cm³/mol. The van der Waals surface area contributed by atoms with Crippen molar-refractivity contribution in [1.82, 2.24) is 5.32 Å². The summed E-state index contributed by atoms with van der Waals surface area (Å²) in [6.07, 6.45) is 9.18. The Morgan fingerprint density at radius 2 is 2.05 bits per heavy atom. The maximum Gasteiger partial charge on any atom is 0.123 e. The number of hydrogen-bond acceptors (Lipinski definition) is 1. The Balaban J connectivity index is 1.71. The Labute approximate surface area is 128 Å². The summed E-state index contributed by atoms with van der Waals surface area (Å²) in [6.45, 7) is 3.39. The van der Waals surface area contributed by atoms with Crippen molar-refractivity contribution in [3.8, 4) is 0 Å². The van der Waals surface area contributed by atoms with Crippen LogP contribution in [-0.4, -0.2) is 12.6 Å². The normalized spacial score (nSPS) is 29.5. The summed E-state index contributed by atoms with van der Waals surface area (Å²) < 4.78 is 13.6. The largest absolute Gasteiger partial charge is 0.314 e. The molecule has 0 aromatic heterocycles. The zero-order valence-electron chi connectivity index (χ0n) is 13.2. The van der Waals surface area contributed by atoms with Crippen LogP contribution in [0, 0.1) is 17.7 Å². The lowest BCUT2D eigenvalue weighted by Gasteiger charge is -2.37. The summed E-state index contributed by atoms with van der Waals surface area (Å²) in [4.78, 5) is 0. The highest BCUT2D eigenvalue weighted by Crippen LogP contribution is 2.42. The maximum atomic E-state index is 13.6. The Bertz CT molecular complexity index is 455. The predicted octanol–water partition coefficient (Wildman–Crippen LogP) is 4.88. The molecule has 2 aliphatic rings. The van der Waals surface area contributed by atoms with E-state index in [9.17, 15) is 4.39 Å². The maximum absolute atomic E-state index is 13.6. The van der Waals surface area contributed by atoms with Gasteiger partial charge in [-0.25, -0.2) is 4.39 Å². The molecule has 1 nitrogen and oxygen atoms in total. The second-order valence-corrected chi connectivity index (χ2v) is 7.07. The van der Waals surface area contributed by atoms with E-state index in [0.717, 1.165) is 18.5 Å². The van der Waals surface area contributed by atoms with E-state index in [1.54, 1.807) is 12.1 Å². The van der Waals surface area contributed by atoms with Crippen LogP contribution in [0.5, 0.6) is 0 Å².